The third-order valence-corrected chi connectivity index (χ3v) is 3.60. The largest absolute Gasteiger partial charge is 0.245 e. The fourth-order valence-corrected chi connectivity index (χ4v) is 2.67. The number of benzene rings is 1. The molecule has 0 spiro atoms. The minimum atomic E-state index is 0.793. The predicted molar refractivity (Wildman–Crippen MR) is 56.4 cm³/mol. The number of nitrogens with zero attached hydrogens (tertiary/aromatic N) is 1. The lowest BCUT2D eigenvalue weighted by Gasteiger charge is -1.98. The van der Waals surface area contributed by atoms with E-state index in [4.69, 9.17) is 11.6 Å². The van der Waals surface area contributed by atoms with Gasteiger partial charge < -0.3 is 0 Å². The first kappa shape index (κ1) is 8.35. The smallest absolute Gasteiger partial charge is 0.0827 e. The Balaban J connectivity index is 2.73. The van der Waals surface area contributed by atoms with Gasteiger partial charge in [-0.25, -0.2) is 4.98 Å². The number of aromatic nitrogens is 1. The highest BCUT2D eigenvalue weighted by atomic mass is 35.5. The van der Waals surface area contributed by atoms with Gasteiger partial charge in [-0.2, -0.15) is 0 Å². The summed E-state index contributed by atoms with van der Waals surface area (Å²) in [5.41, 5.74) is 2.83. The topological polar surface area (TPSA) is 12.9 Å². The molecule has 0 saturated heterocycles. The van der Waals surface area contributed by atoms with E-state index in [1.807, 2.05) is 17.8 Å². The molecular formula is C8H6ClNS2. The van der Waals surface area contributed by atoms with Gasteiger partial charge in [0, 0.05) is 4.90 Å². The maximum atomic E-state index is 6.00. The van der Waals surface area contributed by atoms with Crippen LogP contribution in [0.5, 0.6) is 0 Å². The average molecular weight is 216 g/mol. The second-order valence-electron chi connectivity index (χ2n) is 2.31. The lowest BCUT2D eigenvalue weighted by atomic mass is 10.3. The van der Waals surface area contributed by atoms with Gasteiger partial charge >= 0.3 is 0 Å². The molecule has 0 amide bonds. The zero-order valence-electron chi connectivity index (χ0n) is 6.37. The van der Waals surface area contributed by atoms with Crippen molar-refractivity contribution >= 4 is 44.9 Å². The van der Waals surface area contributed by atoms with E-state index in [1.54, 1.807) is 23.1 Å². The Morgan fingerprint density at radius 2 is 2.33 bits per heavy atom. The molecule has 0 bridgehead atoms. The summed E-state index contributed by atoms with van der Waals surface area (Å²) in [7, 11) is 0. The number of thioether (sulfide) groups is 1. The van der Waals surface area contributed by atoms with Crippen LogP contribution in [-0.2, 0) is 0 Å². The second kappa shape index (κ2) is 3.24. The van der Waals surface area contributed by atoms with Crippen molar-refractivity contribution in [3.05, 3.63) is 22.7 Å². The number of hydrogen-bond acceptors (Lipinski definition) is 3. The zero-order chi connectivity index (χ0) is 8.55. The van der Waals surface area contributed by atoms with E-state index >= 15 is 0 Å². The molecule has 0 aliphatic rings. The predicted octanol–water partition coefficient (Wildman–Crippen LogP) is 3.67. The summed E-state index contributed by atoms with van der Waals surface area (Å²) < 4.78 is 1.20. The molecule has 0 radical (unpaired) electrons. The molecule has 1 heterocycles. The molecule has 4 heteroatoms. The summed E-state index contributed by atoms with van der Waals surface area (Å²) in [4.78, 5) is 5.30. The van der Waals surface area contributed by atoms with Crippen LogP contribution in [0, 0.1) is 0 Å². The van der Waals surface area contributed by atoms with Crippen LogP contribution >= 0.6 is 34.7 Å². The number of fused-ring (bicyclic) bond motifs is 1. The third kappa shape index (κ3) is 1.32. The molecule has 1 nitrogen and oxygen atoms in total. The maximum Gasteiger partial charge on any atom is 0.0827 e. The molecule has 0 aliphatic carbocycles. The Hall–Kier alpha value is -0.250. The molecule has 0 unspecified atom stereocenters. The first-order valence-corrected chi connectivity index (χ1v) is 5.86. The molecule has 0 fully saturated rings. The van der Waals surface area contributed by atoms with Gasteiger partial charge in [0.25, 0.3) is 0 Å². The van der Waals surface area contributed by atoms with Gasteiger partial charge in [0.15, 0.2) is 0 Å². The quantitative estimate of drug-likeness (QED) is 0.674. The van der Waals surface area contributed by atoms with Crippen LogP contribution in [0.4, 0.5) is 0 Å². The van der Waals surface area contributed by atoms with Crippen molar-refractivity contribution in [2.75, 3.05) is 6.26 Å². The van der Waals surface area contributed by atoms with E-state index in [1.165, 1.54) is 4.70 Å². The first-order chi connectivity index (χ1) is 5.81. The molecule has 1 aromatic heterocycles. The number of rotatable bonds is 1. The van der Waals surface area contributed by atoms with E-state index in [-0.39, 0.29) is 0 Å². The maximum absolute atomic E-state index is 6.00. The molecule has 2 rings (SSSR count). The Morgan fingerprint density at radius 3 is 3.08 bits per heavy atom. The fraction of sp³-hybridized carbons (Fsp3) is 0.125. The Morgan fingerprint density at radius 1 is 1.50 bits per heavy atom. The SMILES string of the molecule is CSc1cc2scnc2cc1Cl. The number of hydrogen-bond donors (Lipinski definition) is 0. The van der Waals surface area contributed by atoms with Crippen molar-refractivity contribution < 1.29 is 0 Å². The molecule has 0 N–H and O–H groups in total. The van der Waals surface area contributed by atoms with Crippen molar-refractivity contribution in [2.45, 2.75) is 4.90 Å². The van der Waals surface area contributed by atoms with Crippen molar-refractivity contribution in [3.8, 4) is 0 Å². The zero-order valence-corrected chi connectivity index (χ0v) is 8.76. The second-order valence-corrected chi connectivity index (χ2v) is 4.45. The Labute approximate surface area is 83.8 Å². The van der Waals surface area contributed by atoms with E-state index < -0.39 is 0 Å². The van der Waals surface area contributed by atoms with E-state index in [9.17, 15) is 0 Å². The van der Waals surface area contributed by atoms with E-state index in [0.717, 1.165) is 15.4 Å². The van der Waals surface area contributed by atoms with Crippen LogP contribution in [0.25, 0.3) is 10.2 Å². The molecule has 0 saturated carbocycles. The number of thiazole rings is 1. The minimum absolute atomic E-state index is 0.793. The standard InChI is InChI=1S/C8H6ClNS2/c1-11-7-3-8-6(2-5(7)9)10-4-12-8/h2-4H,1H3. The molecule has 1 aromatic carbocycles. The van der Waals surface area contributed by atoms with Crippen LogP contribution in [0.3, 0.4) is 0 Å². The molecule has 0 atom stereocenters. The van der Waals surface area contributed by atoms with Gasteiger partial charge in [-0.1, -0.05) is 11.6 Å². The van der Waals surface area contributed by atoms with Crippen molar-refractivity contribution in [2.24, 2.45) is 0 Å². The summed E-state index contributed by atoms with van der Waals surface area (Å²) in [6.07, 6.45) is 2.02. The molecule has 12 heavy (non-hydrogen) atoms. The summed E-state index contributed by atoms with van der Waals surface area (Å²) in [5, 5.41) is 0.793. The molecule has 2 aromatic rings. The normalized spacial score (nSPS) is 10.8. The van der Waals surface area contributed by atoms with Crippen molar-refractivity contribution in [3.63, 3.8) is 0 Å². The van der Waals surface area contributed by atoms with Gasteiger partial charge in [-0.05, 0) is 18.4 Å². The summed E-state index contributed by atoms with van der Waals surface area (Å²) in [6, 6.07) is 4.00. The van der Waals surface area contributed by atoms with Crippen molar-refractivity contribution in [1.29, 1.82) is 0 Å². The average Bonchev–Trinajstić information content (AvgIpc) is 2.49. The lowest BCUT2D eigenvalue weighted by Crippen LogP contribution is -1.73. The van der Waals surface area contributed by atoms with Crippen molar-refractivity contribution in [1.82, 2.24) is 4.98 Å². The Kier molecular flexibility index (Phi) is 2.26. The highest BCUT2D eigenvalue weighted by Crippen LogP contribution is 2.31. The van der Waals surface area contributed by atoms with Gasteiger partial charge in [0.05, 0.1) is 20.7 Å². The summed E-state index contributed by atoms with van der Waals surface area (Å²) >= 11 is 9.31. The molecule has 62 valence electrons. The highest BCUT2D eigenvalue weighted by Gasteiger charge is 2.03. The Bertz CT molecular complexity index is 410. The summed E-state index contributed by atoms with van der Waals surface area (Å²) in [6.45, 7) is 0. The minimum Gasteiger partial charge on any atom is -0.245 e. The molecular weight excluding hydrogens is 210 g/mol. The lowest BCUT2D eigenvalue weighted by molar-refractivity contribution is 1.46. The van der Waals surface area contributed by atoms with Gasteiger partial charge in [0.2, 0.25) is 0 Å². The van der Waals surface area contributed by atoms with Crippen LogP contribution in [0.2, 0.25) is 5.02 Å². The van der Waals surface area contributed by atoms with Crippen LogP contribution in [0.1, 0.15) is 0 Å². The van der Waals surface area contributed by atoms with E-state index in [0.29, 0.717) is 0 Å². The summed E-state index contributed by atoms with van der Waals surface area (Å²) in [5.74, 6) is 0. The van der Waals surface area contributed by atoms with Gasteiger partial charge in [-0.3, -0.25) is 0 Å². The van der Waals surface area contributed by atoms with Crippen LogP contribution < -0.4 is 0 Å². The number of halogens is 1. The molecule has 0 aliphatic heterocycles. The van der Waals surface area contributed by atoms with Gasteiger partial charge in [-0.15, -0.1) is 23.1 Å². The van der Waals surface area contributed by atoms with Crippen LogP contribution in [-0.4, -0.2) is 11.2 Å². The monoisotopic (exact) mass is 215 g/mol. The van der Waals surface area contributed by atoms with Crippen LogP contribution in [0.15, 0.2) is 22.5 Å². The first-order valence-electron chi connectivity index (χ1n) is 3.38. The fourth-order valence-electron chi connectivity index (χ4n) is 1.02. The third-order valence-electron chi connectivity index (χ3n) is 1.60. The highest BCUT2D eigenvalue weighted by molar-refractivity contribution is 7.98. The van der Waals surface area contributed by atoms with E-state index in [2.05, 4.69) is 11.1 Å². The van der Waals surface area contributed by atoms with Gasteiger partial charge in [0.1, 0.15) is 0 Å².